The summed E-state index contributed by atoms with van der Waals surface area (Å²) in [6.07, 6.45) is 0.166. The summed E-state index contributed by atoms with van der Waals surface area (Å²) in [5.74, 6) is -0.257. The second-order valence-corrected chi connectivity index (χ2v) is 6.70. The number of nitrogens with one attached hydrogen (secondary N) is 1. The van der Waals surface area contributed by atoms with E-state index in [2.05, 4.69) is 22.3 Å². The van der Waals surface area contributed by atoms with Crippen LogP contribution < -0.4 is 16.0 Å². The van der Waals surface area contributed by atoms with Gasteiger partial charge >= 0.3 is 0 Å². The van der Waals surface area contributed by atoms with Crippen molar-refractivity contribution in [1.29, 1.82) is 0 Å². The molecular weight excluding hydrogens is 340 g/mol. The lowest BCUT2D eigenvalue weighted by atomic mass is 10.0. The number of carbonyl (C=O) groups is 2. The SMILES string of the molecule is NC(CC(=O)NCC(=O)N1CCN(c2ccccc2)CC1)c1ccccc1. The van der Waals surface area contributed by atoms with Gasteiger partial charge in [-0.15, -0.1) is 0 Å². The molecule has 3 N–H and O–H groups in total. The molecule has 142 valence electrons. The molecule has 1 saturated heterocycles. The third-order valence-electron chi connectivity index (χ3n) is 4.82. The van der Waals surface area contributed by atoms with Crippen LogP contribution in [0, 0.1) is 0 Å². The van der Waals surface area contributed by atoms with Gasteiger partial charge in [0.25, 0.3) is 0 Å². The fraction of sp³-hybridized carbons (Fsp3) is 0.333. The van der Waals surface area contributed by atoms with E-state index in [4.69, 9.17) is 5.73 Å². The van der Waals surface area contributed by atoms with Crippen molar-refractivity contribution >= 4 is 17.5 Å². The molecule has 0 aliphatic carbocycles. The van der Waals surface area contributed by atoms with Gasteiger partial charge < -0.3 is 20.9 Å². The summed E-state index contributed by atoms with van der Waals surface area (Å²) in [6.45, 7) is 2.93. The van der Waals surface area contributed by atoms with Crippen molar-refractivity contribution in [1.82, 2.24) is 10.2 Å². The highest BCUT2D eigenvalue weighted by molar-refractivity contribution is 5.85. The Balaban J connectivity index is 1.40. The number of anilines is 1. The highest BCUT2D eigenvalue weighted by Crippen LogP contribution is 2.15. The molecule has 6 heteroatoms. The molecule has 6 nitrogen and oxygen atoms in total. The Hall–Kier alpha value is -2.86. The van der Waals surface area contributed by atoms with E-state index < -0.39 is 0 Å². The predicted octanol–water partition coefficient (Wildman–Crippen LogP) is 1.54. The van der Waals surface area contributed by atoms with Crippen molar-refractivity contribution in [3.63, 3.8) is 0 Å². The molecule has 1 atom stereocenters. The number of nitrogens with two attached hydrogens (primary N) is 1. The summed E-state index contributed by atoms with van der Waals surface area (Å²) in [5, 5.41) is 2.70. The van der Waals surface area contributed by atoms with Gasteiger partial charge in [0.2, 0.25) is 11.8 Å². The maximum absolute atomic E-state index is 12.4. The summed E-state index contributed by atoms with van der Waals surface area (Å²) in [4.78, 5) is 28.5. The smallest absolute Gasteiger partial charge is 0.242 e. The summed E-state index contributed by atoms with van der Waals surface area (Å²) in [6, 6.07) is 19.3. The van der Waals surface area contributed by atoms with Gasteiger partial charge in [0, 0.05) is 44.3 Å². The van der Waals surface area contributed by atoms with E-state index in [0.717, 1.165) is 18.7 Å². The number of nitrogens with zero attached hydrogens (tertiary/aromatic N) is 2. The second kappa shape index (κ2) is 9.19. The van der Waals surface area contributed by atoms with Gasteiger partial charge in [0.05, 0.1) is 6.54 Å². The lowest BCUT2D eigenvalue weighted by Gasteiger charge is -2.36. The first-order valence-corrected chi connectivity index (χ1v) is 9.28. The van der Waals surface area contributed by atoms with Crippen LogP contribution in [0.3, 0.4) is 0 Å². The van der Waals surface area contributed by atoms with Crippen molar-refractivity contribution in [2.75, 3.05) is 37.6 Å². The van der Waals surface area contributed by atoms with E-state index in [1.807, 2.05) is 48.5 Å². The molecule has 0 bridgehead atoms. The fourth-order valence-corrected chi connectivity index (χ4v) is 3.23. The number of para-hydroxylation sites is 1. The molecule has 2 amide bonds. The molecule has 1 heterocycles. The van der Waals surface area contributed by atoms with E-state index in [9.17, 15) is 9.59 Å². The lowest BCUT2D eigenvalue weighted by molar-refractivity contribution is -0.133. The van der Waals surface area contributed by atoms with Crippen molar-refractivity contribution in [3.8, 4) is 0 Å². The highest BCUT2D eigenvalue weighted by Gasteiger charge is 2.21. The van der Waals surface area contributed by atoms with Gasteiger partial charge in [-0.3, -0.25) is 9.59 Å². The molecule has 1 fully saturated rings. The predicted molar refractivity (Wildman–Crippen MR) is 106 cm³/mol. The second-order valence-electron chi connectivity index (χ2n) is 6.70. The normalized spacial score (nSPS) is 15.3. The Bertz CT molecular complexity index is 743. The topological polar surface area (TPSA) is 78.7 Å². The average molecular weight is 366 g/mol. The quantitative estimate of drug-likeness (QED) is 0.813. The van der Waals surface area contributed by atoms with Crippen LogP contribution in [0.5, 0.6) is 0 Å². The standard InChI is InChI=1S/C21H26N4O2/c22-19(17-7-3-1-4-8-17)15-20(26)23-16-21(27)25-13-11-24(12-14-25)18-9-5-2-6-10-18/h1-10,19H,11-16,22H2,(H,23,26). The van der Waals surface area contributed by atoms with E-state index in [1.165, 1.54) is 5.69 Å². The third-order valence-corrected chi connectivity index (χ3v) is 4.82. The van der Waals surface area contributed by atoms with E-state index in [0.29, 0.717) is 13.1 Å². The number of hydrogen-bond donors (Lipinski definition) is 2. The fourth-order valence-electron chi connectivity index (χ4n) is 3.23. The molecule has 1 aliphatic heterocycles. The molecule has 0 radical (unpaired) electrons. The minimum atomic E-state index is -0.365. The molecular formula is C21H26N4O2. The number of carbonyl (C=O) groups excluding carboxylic acids is 2. The zero-order valence-electron chi connectivity index (χ0n) is 15.4. The van der Waals surface area contributed by atoms with Crippen LogP contribution in [-0.2, 0) is 9.59 Å². The average Bonchev–Trinajstić information content (AvgIpc) is 2.73. The lowest BCUT2D eigenvalue weighted by Crippen LogP contribution is -2.51. The molecule has 3 rings (SSSR count). The van der Waals surface area contributed by atoms with Crippen LogP contribution in [0.25, 0.3) is 0 Å². The Morgan fingerprint density at radius 2 is 1.52 bits per heavy atom. The monoisotopic (exact) mass is 366 g/mol. The molecule has 0 saturated carbocycles. The molecule has 27 heavy (non-hydrogen) atoms. The van der Waals surface area contributed by atoms with Crippen LogP contribution in [0.15, 0.2) is 60.7 Å². The van der Waals surface area contributed by atoms with Crippen LogP contribution in [0.4, 0.5) is 5.69 Å². The van der Waals surface area contributed by atoms with Crippen molar-refractivity contribution in [3.05, 3.63) is 66.2 Å². The number of hydrogen-bond acceptors (Lipinski definition) is 4. The van der Waals surface area contributed by atoms with Gasteiger partial charge in [0.15, 0.2) is 0 Å². The number of benzene rings is 2. The molecule has 1 unspecified atom stereocenters. The summed E-state index contributed by atoms with van der Waals surface area (Å²) >= 11 is 0. The molecule has 1 aliphatic rings. The van der Waals surface area contributed by atoms with Gasteiger partial charge in [-0.05, 0) is 17.7 Å². The van der Waals surface area contributed by atoms with Crippen LogP contribution in [-0.4, -0.2) is 49.4 Å². The maximum atomic E-state index is 12.4. The van der Waals surface area contributed by atoms with Crippen molar-refractivity contribution < 1.29 is 9.59 Å². The number of piperazine rings is 1. The molecule has 0 aromatic heterocycles. The third kappa shape index (κ3) is 5.31. The molecule has 2 aromatic carbocycles. The van der Waals surface area contributed by atoms with Crippen LogP contribution in [0.1, 0.15) is 18.0 Å². The maximum Gasteiger partial charge on any atom is 0.242 e. The Labute approximate surface area is 159 Å². The first kappa shape index (κ1) is 18.9. The van der Waals surface area contributed by atoms with Crippen molar-refractivity contribution in [2.24, 2.45) is 5.73 Å². The van der Waals surface area contributed by atoms with E-state index in [1.54, 1.807) is 4.90 Å². The number of rotatable bonds is 6. The van der Waals surface area contributed by atoms with Crippen molar-refractivity contribution in [2.45, 2.75) is 12.5 Å². The van der Waals surface area contributed by atoms with Gasteiger partial charge in [-0.2, -0.15) is 0 Å². The summed E-state index contributed by atoms with van der Waals surface area (Å²) < 4.78 is 0. The van der Waals surface area contributed by atoms with Gasteiger partial charge in [0.1, 0.15) is 0 Å². The Kier molecular flexibility index (Phi) is 6.44. The van der Waals surface area contributed by atoms with Gasteiger partial charge in [-0.25, -0.2) is 0 Å². The number of amides is 2. The first-order valence-electron chi connectivity index (χ1n) is 9.28. The highest BCUT2D eigenvalue weighted by atomic mass is 16.2. The Morgan fingerprint density at radius 3 is 2.15 bits per heavy atom. The summed E-state index contributed by atoms with van der Waals surface area (Å²) in [5.41, 5.74) is 8.14. The van der Waals surface area contributed by atoms with Gasteiger partial charge in [-0.1, -0.05) is 48.5 Å². The minimum absolute atomic E-state index is 0.0195. The first-order chi connectivity index (χ1) is 13.1. The van der Waals surface area contributed by atoms with E-state index >= 15 is 0 Å². The summed E-state index contributed by atoms with van der Waals surface area (Å²) in [7, 11) is 0. The van der Waals surface area contributed by atoms with Crippen LogP contribution >= 0.6 is 0 Å². The zero-order valence-corrected chi connectivity index (χ0v) is 15.4. The molecule has 0 spiro atoms. The minimum Gasteiger partial charge on any atom is -0.368 e. The van der Waals surface area contributed by atoms with E-state index in [-0.39, 0.29) is 30.8 Å². The largest absolute Gasteiger partial charge is 0.368 e. The Morgan fingerprint density at radius 1 is 0.926 bits per heavy atom. The zero-order chi connectivity index (χ0) is 19.1. The van der Waals surface area contributed by atoms with Crippen LogP contribution in [0.2, 0.25) is 0 Å². The molecule has 2 aromatic rings.